The van der Waals surface area contributed by atoms with Crippen LogP contribution >= 0.6 is 0 Å². The molecule has 4 rings (SSSR count). The molecule has 10 heteroatoms. The molecule has 3 aromatic rings. The fourth-order valence-corrected chi connectivity index (χ4v) is 4.81. The zero-order valence-electron chi connectivity index (χ0n) is 18.6. The number of pyridine rings is 1. The van der Waals surface area contributed by atoms with E-state index in [9.17, 15) is 13.2 Å². The lowest BCUT2D eigenvalue weighted by molar-refractivity contribution is 0.0730. The molecule has 0 saturated carbocycles. The minimum absolute atomic E-state index is 0.0461. The number of anilines is 1. The molecule has 9 nitrogen and oxygen atoms in total. The Labute approximate surface area is 198 Å². The second-order valence-corrected chi connectivity index (χ2v) is 9.29. The summed E-state index contributed by atoms with van der Waals surface area (Å²) in [5.74, 6) is 0.999. The van der Waals surface area contributed by atoms with E-state index in [2.05, 4.69) is 10.3 Å². The lowest BCUT2D eigenvalue weighted by atomic mass is 10.2. The highest BCUT2D eigenvalue weighted by atomic mass is 32.2. The van der Waals surface area contributed by atoms with Crippen LogP contribution in [-0.4, -0.2) is 56.5 Å². The van der Waals surface area contributed by atoms with Crippen molar-refractivity contribution in [2.24, 2.45) is 0 Å². The third-order valence-electron chi connectivity index (χ3n) is 5.07. The summed E-state index contributed by atoms with van der Waals surface area (Å²) >= 11 is 0. The van der Waals surface area contributed by atoms with Crippen LogP contribution in [0.3, 0.4) is 0 Å². The molecule has 0 unspecified atom stereocenters. The average Bonchev–Trinajstić information content (AvgIpc) is 2.87. The van der Waals surface area contributed by atoms with Crippen LogP contribution in [0.4, 0.5) is 5.69 Å². The molecular formula is C24H25N3O6S. The lowest BCUT2D eigenvalue weighted by Crippen LogP contribution is -2.40. The van der Waals surface area contributed by atoms with Gasteiger partial charge >= 0.3 is 0 Å². The number of hydrogen-bond donors (Lipinski definition) is 1. The molecule has 34 heavy (non-hydrogen) atoms. The Morgan fingerprint density at radius 2 is 1.79 bits per heavy atom. The molecule has 1 fully saturated rings. The van der Waals surface area contributed by atoms with Crippen molar-refractivity contribution >= 4 is 21.6 Å². The van der Waals surface area contributed by atoms with E-state index in [0.29, 0.717) is 31.3 Å². The Morgan fingerprint density at radius 1 is 1.06 bits per heavy atom. The maximum atomic E-state index is 13.2. The Balaban J connectivity index is 1.66. The number of amides is 1. The monoisotopic (exact) mass is 483 g/mol. The molecule has 1 aromatic heterocycles. The first-order chi connectivity index (χ1) is 16.5. The van der Waals surface area contributed by atoms with Crippen LogP contribution in [0.5, 0.6) is 17.2 Å². The van der Waals surface area contributed by atoms with Crippen LogP contribution in [0.2, 0.25) is 0 Å². The van der Waals surface area contributed by atoms with Gasteiger partial charge in [0.05, 0.1) is 30.4 Å². The lowest BCUT2D eigenvalue weighted by Gasteiger charge is -2.26. The number of benzene rings is 2. The highest BCUT2D eigenvalue weighted by molar-refractivity contribution is 7.89. The van der Waals surface area contributed by atoms with Gasteiger partial charge in [-0.15, -0.1) is 0 Å². The fourth-order valence-electron chi connectivity index (χ4n) is 3.37. The zero-order valence-corrected chi connectivity index (χ0v) is 19.5. The molecule has 0 atom stereocenters. The van der Waals surface area contributed by atoms with E-state index in [4.69, 9.17) is 14.2 Å². The van der Waals surface area contributed by atoms with Gasteiger partial charge in [-0.25, -0.2) is 8.42 Å². The molecule has 0 aliphatic carbocycles. The maximum Gasteiger partial charge on any atom is 0.274 e. The normalized spacial score (nSPS) is 14.4. The summed E-state index contributed by atoms with van der Waals surface area (Å²) in [5, 5.41) is 2.74. The molecule has 1 aliphatic rings. The van der Waals surface area contributed by atoms with Crippen molar-refractivity contribution in [3.63, 3.8) is 0 Å². The van der Waals surface area contributed by atoms with Crippen molar-refractivity contribution in [3.05, 3.63) is 72.6 Å². The molecule has 2 aromatic carbocycles. The first-order valence-electron chi connectivity index (χ1n) is 10.8. The van der Waals surface area contributed by atoms with Crippen molar-refractivity contribution in [1.82, 2.24) is 9.29 Å². The fraction of sp³-hybridized carbons (Fsp3) is 0.250. The molecule has 1 saturated heterocycles. The van der Waals surface area contributed by atoms with Gasteiger partial charge in [0, 0.05) is 19.3 Å². The van der Waals surface area contributed by atoms with E-state index in [1.807, 2.05) is 6.92 Å². The van der Waals surface area contributed by atoms with Gasteiger partial charge in [0.25, 0.3) is 5.91 Å². The molecule has 0 bridgehead atoms. The Kier molecular flexibility index (Phi) is 7.41. The van der Waals surface area contributed by atoms with Crippen molar-refractivity contribution in [1.29, 1.82) is 0 Å². The standard InChI is InChI=1S/C24H25N3O6S/c1-2-32-18-6-8-19(9-7-18)33-23-11-10-20(34(29,30)27-13-15-31-16-14-27)17-22(23)26-24(28)21-5-3-4-12-25-21/h3-12,17H,2,13-16H2,1H3,(H,26,28). The van der Waals surface area contributed by atoms with Gasteiger partial charge in [-0.1, -0.05) is 6.07 Å². The van der Waals surface area contributed by atoms with Crippen LogP contribution in [-0.2, 0) is 14.8 Å². The summed E-state index contributed by atoms with van der Waals surface area (Å²) in [5.41, 5.74) is 0.398. The number of nitrogens with one attached hydrogen (secondary N) is 1. The number of aromatic nitrogens is 1. The van der Waals surface area contributed by atoms with E-state index >= 15 is 0 Å². The topological polar surface area (TPSA) is 107 Å². The largest absolute Gasteiger partial charge is 0.494 e. The number of nitrogens with zero attached hydrogens (tertiary/aromatic N) is 2. The third-order valence-corrected chi connectivity index (χ3v) is 6.96. The van der Waals surface area contributed by atoms with E-state index in [1.54, 1.807) is 42.5 Å². The Morgan fingerprint density at radius 3 is 2.47 bits per heavy atom. The average molecular weight is 484 g/mol. The molecule has 2 heterocycles. The van der Waals surface area contributed by atoms with Crippen molar-refractivity contribution in [2.45, 2.75) is 11.8 Å². The van der Waals surface area contributed by atoms with Crippen molar-refractivity contribution in [3.8, 4) is 17.2 Å². The summed E-state index contributed by atoms with van der Waals surface area (Å²) in [6, 6.07) is 16.3. The SMILES string of the molecule is CCOc1ccc(Oc2ccc(S(=O)(=O)N3CCOCC3)cc2NC(=O)c2ccccn2)cc1. The van der Waals surface area contributed by atoms with Crippen LogP contribution in [0.25, 0.3) is 0 Å². The smallest absolute Gasteiger partial charge is 0.274 e. The highest BCUT2D eigenvalue weighted by Crippen LogP contribution is 2.34. The second kappa shape index (κ2) is 10.6. The maximum absolute atomic E-state index is 13.2. The summed E-state index contributed by atoms with van der Waals surface area (Å²) in [6.07, 6.45) is 1.51. The number of rotatable bonds is 8. The number of morpholine rings is 1. The van der Waals surface area contributed by atoms with Gasteiger partial charge in [0.1, 0.15) is 17.2 Å². The highest BCUT2D eigenvalue weighted by Gasteiger charge is 2.27. The second-order valence-electron chi connectivity index (χ2n) is 7.35. The molecule has 0 spiro atoms. The summed E-state index contributed by atoms with van der Waals surface area (Å²) in [7, 11) is -3.77. The molecule has 178 valence electrons. The Bertz CT molecular complexity index is 1230. The van der Waals surface area contributed by atoms with E-state index in [-0.39, 0.29) is 35.1 Å². The van der Waals surface area contributed by atoms with Crippen LogP contribution in [0.15, 0.2) is 71.8 Å². The van der Waals surface area contributed by atoms with Gasteiger partial charge in [-0.2, -0.15) is 4.31 Å². The van der Waals surface area contributed by atoms with Gasteiger partial charge < -0.3 is 19.5 Å². The number of carbonyl (C=O) groups is 1. The molecular weight excluding hydrogens is 458 g/mol. The quantitative estimate of drug-likeness (QED) is 0.522. The van der Waals surface area contributed by atoms with Gasteiger partial charge in [0.15, 0.2) is 5.75 Å². The summed E-state index contributed by atoms with van der Waals surface area (Å²) in [4.78, 5) is 16.9. The van der Waals surface area contributed by atoms with E-state index in [1.165, 1.54) is 28.7 Å². The van der Waals surface area contributed by atoms with Crippen molar-refractivity contribution in [2.75, 3.05) is 38.2 Å². The van der Waals surface area contributed by atoms with Gasteiger partial charge in [0.2, 0.25) is 10.0 Å². The van der Waals surface area contributed by atoms with E-state index < -0.39 is 15.9 Å². The Hall–Kier alpha value is -3.47. The van der Waals surface area contributed by atoms with Gasteiger partial charge in [-0.05, 0) is 61.5 Å². The predicted molar refractivity (Wildman–Crippen MR) is 126 cm³/mol. The molecule has 1 N–H and O–H groups in total. The van der Waals surface area contributed by atoms with Crippen LogP contribution in [0, 0.1) is 0 Å². The van der Waals surface area contributed by atoms with Gasteiger partial charge in [-0.3, -0.25) is 9.78 Å². The van der Waals surface area contributed by atoms with E-state index in [0.717, 1.165) is 0 Å². The summed E-state index contributed by atoms with van der Waals surface area (Å²) < 4.78 is 44.4. The minimum atomic E-state index is -3.77. The molecule has 1 aliphatic heterocycles. The number of carbonyl (C=O) groups excluding carboxylic acids is 1. The number of ether oxygens (including phenoxy) is 3. The van der Waals surface area contributed by atoms with Crippen molar-refractivity contribution < 1.29 is 27.4 Å². The third kappa shape index (κ3) is 5.53. The molecule has 0 radical (unpaired) electrons. The first kappa shape index (κ1) is 23.7. The van der Waals surface area contributed by atoms with Crippen LogP contribution in [0.1, 0.15) is 17.4 Å². The van der Waals surface area contributed by atoms with Crippen LogP contribution < -0.4 is 14.8 Å². The zero-order chi connectivity index (χ0) is 24.0. The predicted octanol–water partition coefficient (Wildman–Crippen LogP) is 3.55. The summed E-state index contributed by atoms with van der Waals surface area (Å²) in [6.45, 7) is 3.64. The number of sulfonamides is 1. The first-order valence-corrected chi connectivity index (χ1v) is 12.3. The minimum Gasteiger partial charge on any atom is -0.494 e. The molecule has 1 amide bonds. The number of hydrogen-bond acceptors (Lipinski definition) is 7.